The molecule has 9 heteroatoms. The molecule has 7 nitrogen and oxygen atoms in total. The predicted octanol–water partition coefficient (Wildman–Crippen LogP) is 3.97. The van der Waals surface area contributed by atoms with Gasteiger partial charge in [-0.3, -0.25) is 9.52 Å². The summed E-state index contributed by atoms with van der Waals surface area (Å²) < 4.78 is 52.4. The van der Waals surface area contributed by atoms with Crippen molar-refractivity contribution in [2.24, 2.45) is 0 Å². The number of anilines is 2. The predicted molar refractivity (Wildman–Crippen MR) is 118 cm³/mol. The first kappa shape index (κ1) is 21.6. The molecule has 2 N–H and O–H groups in total. The average molecular weight is 456 g/mol. The van der Waals surface area contributed by atoms with Gasteiger partial charge in [0.25, 0.3) is 10.0 Å². The number of hydrogen-bond donors (Lipinski definition) is 2. The fourth-order valence-electron chi connectivity index (χ4n) is 3.20. The molecular weight excluding hydrogens is 435 g/mol. The summed E-state index contributed by atoms with van der Waals surface area (Å²) in [7, 11) is -3.83. The molecule has 0 unspecified atom stereocenters. The van der Waals surface area contributed by atoms with E-state index in [1.54, 1.807) is 48.5 Å². The van der Waals surface area contributed by atoms with Gasteiger partial charge in [0.15, 0.2) is 11.5 Å². The van der Waals surface area contributed by atoms with Crippen molar-refractivity contribution in [3.05, 3.63) is 78.1 Å². The summed E-state index contributed by atoms with van der Waals surface area (Å²) in [6.07, 6.45) is 0.408. The maximum absolute atomic E-state index is 13.7. The van der Waals surface area contributed by atoms with Crippen LogP contribution in [0.3, 0.4) is 0 Å². The van der Waals surface area contributed by atoms with Gasteiger partial charge in [-0.1, -0.05) is 18.2 Å². The molecule has 3 aromatic rings. The second kappa shape index (κ2) is 9.27. The Balaban J connectivity index is 1.36. The second-order valence-electron chi connectivity index (χ2n) is 7.13. The Labute approximate surface area is 185 Å². The summed E-state index contributed by atoms with van der Waals surface area (Å²) in [6, 6.07) is 17.0. The highest BCUT2D eigenvalue weighted by atomic mass is 32.2. The van der Waals surface area contributed by atoms with E-state index in [9.17, 15) is 17.6 Å². The molecule has 0 aliphatic carbocycles. The topological polar surface area (TPSA) is 93.7 Å². The van der Waals surface area contributed by atoms with E-state index >= 15 is 0 Å². The number of benzene rings is 3. The molecule has 1 aliphatic heterocycles. The Morgan fingerprint density at radius 2 is 1.59 bits per heavy atom. The fraction of sp³-hybridized carbons (Fsp3) is 0.174. The maximum Gasteiger partial charge on any atom is 0.262 e. The molecule has 32 heavy (non-hydrogen) atoms. The number of ether oxygens (including phenoxy) is 2. The van der Waals surface area contributed by atoms with Crippen LogP contribution in [0.5, 0.6) is 11.5 Å². The van der Waals surface area contributed by atoms with Crippen LogP contribution in [-0.2, 0) is 21.2 Å². The van der Waals surface area contributed by atoms with E-state index in [1.807, 2.05) is 0 Å². The minimum absolute atomic E-state index is 0.0484. The van der Waals surface area contributed by atoms with Crippen LogP contribution in [0.4, 0.5) is 15.8 Å². The molecule has 0 fully saturated rings. The zero-order chi connectivity index (χ0) is 22.6. The third kappa shape index (κ3) is 5.17. The zero-order valence-electron chi connectivity index (χ0n) is 17.0. The van der Waals surface area contributed by atoms with Gasteiger partial charge in [-0.25, -0.2) is 12.8 Å². The molecule has 1 amide bonds. The lowest BCUT2D eigenvalue weighted by molar-refractivity contribution is -0.116. The molecule has 0 bridgehead atoms. The third-order valence-corrected chi connectivity index (χ3v) is 6.20. The van der Waals surface area contributed by atoms with Crippen molar-refractivity contribution in [3.8, 4) is 11.5 Å². The molecule has 0 spiro atoms. The molecule has 0 saturated heterocycles. The molecule has 1 heterocycles. The molecule has 1 aliphatic rings. The van der Waals surface area contributed by atoms with E-state index < -0.39 is 10.0 Å². The van der Waals surface area contributed by atoms with Crippen LogP contribution in [0, 0.1) is 5.82 Å². The number of fused-ring (bicyclic) bond motifs is 1. The number of amides is 1. The highest BCUT2D eigenvalue weighted by molar-refractivity contribution is 7.92. The lowest BCUT2D eigenvalue weighted by Crippen LogP contribution is -2.17. The van der Waals surface area contributed by atoms with Crippen LogP contribution >= 0.6 is 0 Å². The van der Waals surface area contributed by atoms with E-state index in [-0.39, 0.29) is 29.5 Å². The van der Waals surface area contributed by atoms with Crippen LogP contribution in [-0.4, -0.2) is 27.5 Å². The molecule has 0 atom stereocenters. The molecule has 0 aromatic heterocycles. The van der Waals surface area contributed by atoms with Gasteiger partial charge in [0, 0.05) is 23.9 Å². The summed E-state index contributed by atoms with van der Waals surface area (Å²) in [4.78, 5) is 12.2. The Morgan fingerprint density at radius 1 is 0.906 bits per heavy atom. The molecular formula is C23H21FN2O5S. The van der Waals surface area contributed by atoms with Crippen molar-refractivity contribution in [2.45, 2.75) is 17.7 Å². The van der Waals surface area contributed by atoms with Gasteiger partial charge >= 0.3 is 0 Å². The minimum Gasteiger partial charge on any atom is -0.486 e. The number of carbonyl (C=O) groups is 1. The van der Waals surface area contributed by atoms with Crippen LogP contribution in [0.15, 0.2) is 71.6 Å². The molecule has 3 aromatic carbocycles. The minimum atomic E-state index is -3.83. The summed E-state index contributed by atoms with van der Waals surface area (Å²) >= 11 is 0. The Hall–Kier alpha value is -3.59. The van der Waals surface area contributed by atoms with Crippen molar-refractivity contribution < 1.29 is 27.1 Å². The first-order valence-corrected chi connectivity index (χ1v) is 11.4. The van der Waals surface area contributed by atoms with Crippen molar-refractivity contribution in [2.75, 3.05) is 23.3 Å². The summed E-state index contributed by atoms with van der Waals surface area (Å²) in [6.45, 7) is 0.779. The molecule has 4 rings (SSSR count). The molecule has 0 saturated carbocycles. The highest BCUT2D eigenvalue weighted by Gasteiger charge is 2.19. The van der Waals surface area contributed by atoms with Crippen molar-refractivity contribution in [1.29, 1.82) is 0 Å². The fourth-order valence-corrected chi connectivity index (χ4v) is 4.27. The van der Waals surface area contributed by atoms with Crippen LogP contribution in [0.1, 0.15) is 12.0 Å². The highest BCUT2D eigenvalue weighted by Crippen LogP contribution is 2.32. The lowest BCUT2D eigenvalue weighted by Gasteiger charge is -2.19. The van der Waals surface area contributed by atoms with Crippen molar-refractivity contribution >= 4 is 27.3 Å². The Kier molecular flexibility index (Phi) is 6.27. The Bertz CT molecular complexity index is 1230. The average Bonchev–Trinajstić information content (AvgIpc) is 2.79. The number of carbonyl (C=O) groups excluding carboxylic acids is 1. The van der Waals surface area contributed by atoms with Gasteiger partial charge < -0.3 is 14.8 Å². The van der Waals surface area contributed by atoms with Crippen LogP contribution < -0.4 is 19.5 Å². The van der Waals surface area contributed by atoms with Gasteiger partial charge in [-0.2, -0.15) is 0 Å². The standard InChI is InChI=1S/C23H21FN2O5S/c24-20-4-2-1-3-16(20)5-12-23(27)25-17-6-8-18(9-7-17)26-32(28,29)19-10-11-21-22(15-19)31-14-13-30-21/h1-4,6-11,15,26H,5,12-14H2,(H,25,27). The second-order valence-corrected chi connectivity index (χ2v) is 8.81. The number of aryl methyl sites for hydroxylation is 1. The number of sulfonamides is 1. The van der Waals surface area contributed by atoms with E-state index in [4.69, 9.17) is 9.47 Å². The largest absolute Gasteiger partial charge is 0.486 e. The molecule has 166 valence electrons. The van der Waals surface area contributed by atoms with Gasteiger partial charge in [0.05, 0.1) is 4.90 Å². The quantitative estimate of drug-likeness (QED) is 0.561. The maximum atomic E-state index is 13.7. The van der Waals surface area contributed by atoms with Gasteiger partial charge in [-0.15, -0.1) is 0 Å². The summed E-state index contributed by atoms with van der Waals surface area (Å²) in [5.41, 5.74) is 1.32. The first-order valence-electron chi connectivity index (χ1n) is 9.96. The number of rotatable bonds is 7. The number of nitrogens with one attached hydrogen (secondary N) is 2. The monoisotopic (exact) mass is 456 g/mol. The van der Waals surface area contributed by atoms with Crippen molar-refractivity contribution in [3.63, 3.8) is 0 Å². The number of halogens is 1. The van der Waals surface area contributed by atoms with Crippen molar-refractivity contribution in [1.82, 2.24) is 0 Å². The van der Waals surface area contributed by atoms with Gasteiger partial charge in [0.1, 0.15) is 19.0 Å². The Morgan fingerprint density at radius 3 is 2.34 bits per heavy atom. The number of hydrogen-bond acceptors (Lipinski definition) is 5. The first-order chi connectivity index (χ1) is 15.4. The van der Waals surface area contributed by atoms with Crippen LogP contribution in [0.2, 0.25) is 0 Å². The molecule has 0 radical (unpaired) electrons. The third-order valence-electron chi connectivity index (χ3n) is 4.82. The van der Waals surface area contributed by atoms with Gasteiger partial charge in [0.2, 0.25) is 5.91 Å². The summed E-state index contributed by atoms with van der Waals surface area (Å²) in [5, 5.41) is 2.72. The smallest absolute Gasteiger partial charge is 0.262 e. The zero-order valence-corrected chi connectivity index (χ0v) is 17.8. The van der Waals surface area contributed by atoms with Gasteiger partial charge in [-0.05, 0) is 54.4 Å². The van der Waals surface area contributed by atoms with E-state index in [2.05, 4.69) is 10.0 Å². The van der Waals surface area contributed by atoms with E-state index in [0.29, 0.717) is 41.7 Å². The van der Waals surface area contributed by atoms with Crippen LogP contribution in [0.25, 0.3) is 0 Å². The summed E-state index contributed by atoms with van der Waals surface area (Å²) in [5.74, 6) is 0.283. The SMILES string of the molecule is O=C(CCc1ccccc1F)Nc1ccc(NS(=O)(=O)c2ccc3c(c2)OCCO3)cc1. The normalized spacial score (nSPS) is 12.8. The van der Waals surface area contributed by atoms with E-state index in [0.717, 1.165) is 0 Å². The lowest BCUT2D eigenvalue weighted by atomic mass is 10.1. The van der Waals surface area contributed by atoms with E-state index in [1.165, 1.54) is 18.2 Å².